The van der Waals surface area contributed by atoms with Crippen LogP contribution in [0.25, 0.3) is 0 Å². The van der Waals surface area contributed by atoms with Crippen molar-refractivity contribution in [2.45, 2.75) is 6.54 Å². The van der Waals surface area contributed by atoms with Gasteiger partial charge in [-0.1, -0.05) is 0 Å². The molecule has 3 rings (SSSR count). The Hall–Kier alpha value is -2.94. The van der Waals surface area contributed by atoms with Crippen molar-refractivity contribution in [3.8, 4) is 11.5 Å². The molecule has 0 aliphatic carbocycles. The van der Waals surface area contributed by atoms with E-state index in [1.807, 2.05) is 0 Å². The first kappa shape index (κ1) is 16.9. The SMILES string of the molecule is COc1cc(CN2CCN(c3ncccn3)CC2)cc([N+](=O)[O-])c1O. The van der Waals surface area contributed by atoms with Gasteiger partial charge in [-0.2, -0.15) is 0 Å². The van der Waals surface area contributed by atoms with Gasteiger partial charge < -0.3 is 14.7 Å². The van der Waals surface area contributed by atoms with Crippen LogP contribution in [0, 0.1) is 10.1 Å². The van der Waals surface area contributed by atoms with Crippen LogP contribution in [0.2, 0.25) is 0 Å². The Morgan fingerprint density at radius 2 is 1.92 bits per heavy atom. The minimum absolute atomic E-state index is 0.112. The molecule has 1 N–H and O–H groups in total. The number of nitro benzene ring substituents is 1. The maximum Gasteiger partial charge on any atom is 0.314 e. The Kier molecular flexibility index (Phi) is 4.94. The van der Waals surface area contributed by atoms with E-state index >= 15 is 0 Å². The largest absolute Gasteiger partial charge is 0.500 e. The highest BCUT2D eigenvalue weighted by Crippen LogP contribution is 2.37. The van der Waals surface area contributed by atoms with Gasteiger partial charge in [-0.05, 0) is 17.7 Å². The van der Waals surface area contributed by atoms with Crippen molar-refractivity contribution in [2.75, 3.05) is 38.2 Å². The minimum Gasteiger partial charge on any atom is -0.500 e. The smallest absolute Gasteiger partial charge is 0.314 e. The van der Waals surface area contributed by atoms with E-state index in [9.17, 15) is 15.2 Å². The van der Waals surface area contributed by atoms with Crippen molar-refractivity contribution < 1.29 is 14.8 Å². The molecule has 0 unspecified atom stereocenters. The van der Waals surface area contributed by atoms with Gasteiger partial charge in [0, 0.05) is 51.2 Å². The van der Waals surface area contributed by atoms with E-state index in [-0.39, 0.29) is 11.4 Å². The lowest BCUT2D eigenvalue weighted by Crippen LogP contribution is -2.46. The number of methoxy groups -OCH3 is 1. The molecule has 0 spiro atoms. The summed E-state index contributed by atoms with van der Waals surface area (Å²) in [6.07, 6.45) is 3.44. The van der Waals surface area contributed by atoms with Crippen LogP contribution in [0.1, 0.15) is 5.56 Å². The van der Waals surface area contributed by atoms with Gasteiger partial charge in [-0.15, -0.1) is 0 Å². The number of benzene rings is 1. The summed E-state index contributed by atoms with van der Waals surface area (Å²) in [7, 11) is 1.38. The summed E-state index contributed by atoms with van der Waals surface area (Å²) in [5, 5.41) is 20.9. The molecule has 9 heteroatoms. The van der Waals surface area contributed by atoms with E-state index in [1.54, 1.807) is 24.5 Å². The maximum atomic E-state index is 11.1. The number of anilines is 1. The molecule has 0 atom stereocenters. The molecule has 0 saturated carbocycles. The third-order valence-corrected chi connectivity index (χ3v) is 4.14. The number of phenolic OH excluding ortho intramolecular Hbond substituents is 1. The molecular weight excluding hydrogens is 326 g/mol. The molecule has 1 aliphatic heterocycles. The second-order valence-electron chi connectivity index (χ2n) is 5.73. The summed E-state index contributed by atoms with van der Waals surface area (Å²) in [6.45, 7) is 3.67. The molecule has 25 heavy (non-hydrogen) atoms. The lowest BCUT2D eigenvalue weighted by Gasteiger charge is -2.34. The number of piperazine rings is 1. The fourth-order valence-electron chi connectivity index (χ4n) is 2.85. The van der Waals surface area contributed by atoms with Crippen molar-refractivity contribution in [3.05, 3.63) is 46.3 Å². The third kappa shape index (κ3) is 3.77. The number of phenols is 1. The molecule has 1 fully saturated rings. The zero-order chi connectivity index (χ0) is 17.8. The van der Waals surface area contributed by atoms with Gasteiger partial charge in [0.25, 0.3) is 0 Å². The summed E-state index contributed by atoms with van der Waals surface area (Å²) in [5.41, 5.74) is 0.386. The number of rotatable bonds is 5. The van der Waals surface area contributed by atoms with Crippen LogP contribution < -0.4 is 9.64 Å². The fourth-order valence-corrected chi connectivity index (χ4v) is 2.85. The Balaban J connectivity index is 1.68. The molecule has 1 aliphatic rings. The zero-order valence-electron chi connectivity index (χ0n) is 13.8. The molecule has 2 aromatic rings. The van der Waals surface area contributed by atoms with Gasteiger partial charge in [0.2, 0.25) is 11.7 Å². The van der Waals surface area contributed by atoms with E-state index in [0.717, 1.165) is 31.7 Å². The van der Waals surface area contributed by atoms with Crippen LogP contribution >= 0.6 is 0 Å². The van der Waals surface area contributed by atoms with Crippen molar-refractivity contribution >= 4 is 11.6 Å². The van der Waals surface area contributed by atoms with Crippen molar-refractivity contribution in [1.82, 2.24) is 14.9 Å². The fraction of sp³-hybridized carbons (Fsp3) is 0.375. The van der Waals surface area contributed by atoms with Crippen molar-refractivity contribution in [1.29, 1.82) is 0 Å². The van der Waals surface area contributed by atoms with E-state index in [1.165, 1.54) is 13.2 Å². The van der Waals surface area contributed by atoms with Gasteiger partial charge in [0.05, 0.1) is 12.0 Å². The third-order valence-electron chi connectivity index (χ3n) is 4.14. The number of ether oxygens (including phenoxy) is 1. The molecule has 1 saturated heterocycles. The Morgan fingerprint density at radius 1 is 1.24 bits per heavy atom. The van der Waals surface area contributed by atoms with E-state index in [2.05, 4.69) is 19.8 Å². The predicted molar refractivity (Wildman–Crippen MR) is 90.8 cm³/mol. The van der Waals surface area contributed by atoms with Gasteiger partial charge >= 0.3 is 5.69 Å². The Labute approximate surface area is 144 Å². The second kappa shape index (κ2) is 7.31. The number of nitrogens with zero attached hydrogens (tertiary/aromatic N) is 5. The number of aromatic nitrogens is 2. The minimum atomic E-state index is -0.605. The summed E-state index contributed by atoms with van der Waals surface area (Å²) in [6, 6.07) is 4.81. The molecule has 0 amide bonds. The highest BCUT2D eigenvalue weighted by Gasteiger charge is 2.23. The van der Waals surface area contributed by atoms with Gasteiger partial charge in [0.15, 0.2) is 5.75 Å². The monoisotopic (exact) mass is 345 g/mol. The average Bonchev–Trinajstić information content (AvgIpc) is 2.64. The quantitative estimate of drug-likeness (QED) is 0.641. The number of hydrogen-bond acceptors (Lipinski definition) is 8. The van der Waals surface area contributed by atoms with Crippen LogP contribution in [0.3, 0.4) is 0 Å². The van der Waals surface area contributed by atoms with E-state index in [4.69, 9.17) is 4.74 Å². The van der Waals surface area contributed by atoms with Crippen LogP contribution in [0.15, 0.2) is 30.6 Å². The summed E-state index contributed by atoms with van der Waals surface area (Å²) < 4.78 is 5.04. The highest BCUT2D eigenvalue weighted by molar-refractivity contribution is 5.57. The Bertz CT molecular complexity index is 748. The molecule has 2 heterocycles. The normalized spacial score (nSPS) is 15.2. The highest BCUT2D eigenvalue weighted by atomic mass is 16.6. The first-order valence-electron chi connectivity index (χ1n) is 7.87. The molecule has 132 valence electrons. The average molecular weight is 345 g/mol. The molecule has 1 aromatic carbocycles. The van der Waals surface area contributed by atoms with Gasteiger partial charge in [-0.3, -0.25) is 15.0 Å². The number of nitro groups is 1. The topological polar surface area (TPSA) is 105 Å². The van der Waals surface area contributed by atoms with E-state index < -0.39 is 10.7 Å². The summed E-state index contributed by atoms with van der Waals surface area (Å²) in [5.74, 6) is 0.381. The van der Waals surface area contributed by atoms with Crippen LogP contribution in [0.5, 0.6) is 11.5 Å². The van der Waals surface area contributed by atoms with E-state index in [0.29, 0.717) is 12.5 Å². The molecular formula is C16H19N5O4. The lowest BCUT2D eigenvalue weighted by molar-refractivity contribution is -0.386. The molecule has 0 radical (unpaired) electrons. The Morgan fingerprint density at radius 3 is 2.52 bits per heavy atom. The van der Waals surface area contributed by atoms with Crippen LogP contribution in [-0.2, 0) is 6.54 Å². The van der Waals surface area contributed by atoms with Crippen molar-refractivity contribution in [2.24, 2.45) is 0 Å². The number of aromatic hydroxyl groups is 1. The molecule has 0 bridgehead atoms. The first-order chi connectivity index (χ1) is 12.1. The van der Waals surface area contributed by atoms with Crippen LogP contribution in [-0.4, -0.2) is 58.2 Å². The summed E-state index contributed by atoms with van der Waals surface area (Å²) >= 11 is 0. The predicted octanol–water partition coefficient (Wildman–Crippen LogP) is 1.42. The lowest BCUT2D eigenvalue weighted by atomic mass is 10.1. The maximum absolute atomic E-state index is 11.1. The standard InChI is InChI=1S/C16H19N5O4/c1-25-14-10-12(9-13(15(14)22)21(23)24)11-19-5-7-20(8-6-19)16-17-3-2-4-18-16/h2-4,9-10,22H,5-8,11H2,1H3. The first-order valence-corrected chi connectivity index (χ1v) is 7.87. The molecule has 9 nitrogen and oxygen atoms in total. The van der Waals surface area contributed by atoms with Crippen LogP contribution in [0.4, 0.5) is 11.6 Å². The molecule has 1 aromatic heterocycles. The summed E-state index contributed by atoms with van der Waals surface area (Å²) in [4.78, 5) is 23.3. The van der Waals surface area contributed by atoms with Crippen molar-refractivity contribution in [3.63, 3.8) is 0 Å². The second-order valence-corrected chi connectivity index (χ2v) is 5.73. The van der Waals surface area contributed by atoms with Gasteiger partial charge in [-0.25, -0.2) is 9.97 Å². The van der Waals surface area contributed by atoms with Gasteiger partial charge in [0.1, 0.15) is 0 Å². The zero-order valence-corrected chi connectivity index (χ0v) is 13.8. The number of hydrogen-bond donors (Lipinski definition) is 1.